The minimum Gasteiger partial charge on any atom is -0.392 e. The van der Waals surface area contributed by atoms with Crippen molar-refractivity contribution in [2.75, 3.05) is 0 Å². The first-order valence-electron chi connectivity index (χ1n) is 5.33. The van der Waals surface area contributed by atoms with Crippen LogP contribution in [0.1, 0.15) is 25.0 Å². The van der Waals surface area contributed by atoms with Gasteiger partial charge in [-0.25, -0.2) is 0 Å². The summed E-state index contributed by atoms with van der Waals surface area (Å²) in [5.41, 5.74) is 6.78. The van der Waals surface area contributed by atoms with Gasteiger partial charge in [-0.3, -0.25) is 9.78 Å². The first-order valence-corrected chi connectivity index (χ1v) is 5.74. The third-order valence-electron chi connectivity index (χ3n) is 2.77. The summed E-state index contributed by atoms with van der Waals surface area (Å²) in [4.78, 5) is 16.1. The fourth-order valence-electron chi connectivity index (χ4n) is 1.19. The van der Waals surface area contributed by atoms with Crippen molar-refractivity contribution in [2.45, 2.75) is 27.3 Å². The van der Waals surface area contributed by atoms with Crippen LogP contribution in [-0.4, -0.2) is 15.9 Å². The van der Waals surface area contributed by atoms with Gasteiger partial charge in [0.2, 0.25) is 5.91 Å². The lowest BCUT2D eigenvalue weighted by Crippen LogP contribution is -2.44. The minimum atomic E-state index is -0.828. The van der Waals surface area contributed by atoms with Crippen molar-refractivity contribution in [2.24, 2.45) is 11.1 Å². The maximum absolute atomic E-state index is 11.9. The fourth-order valence-corrected chi connectivity index (χ4v) is 1.28. The molecular formula is C12H17N3OS. The van der Waals surface area contributed by atoms with Crippen LogP contribution in [0.3, 0.4) is 0 Å². The van der Waals surface area contributed by atoms with Crippen LogP contribution in [0.4, 0.5) is 0 Å². The van der Waals surface area contributed by atoms with Gasteiger partial charge in [0.15, 0.2) is 0 Å². The average molecular weight is 251 g/mol. The molecule has 0 bridgehead atoms. The van der Waals surface area contributed by atoms with E-state index in [2.05, 4.69) is 10.3 Å². The maximum Gasteiger partial charge on any atom is 0.232 e. The Bertz CT molecular complexity index is 443. The highest BCUT2D eigenvalue weighted by molar-refractivity contribution is 7.80. The summed E-state index contributed by atoms with van der Waals surface area (Å²) in [6.07, 6.45) is 3.46. The van der Waals surface area contributed by atoms with E-state index in [0.29, 0.717) is 6.54 Å². The summed E-state index contributed by atoms with van der Waals surface area (Å²) in [5, 5.41) is 2.81. The molecule has 0 aliphatic rings. The molecule has 0 unspecified atom stereocenters. The van der Waals surface area contributed by atoms with Crippen LogP contribution in [0.5, 0.6) is 0 Å². The normalized spacial score (nSPS) is 11.0. The largest absolute Gasteiger partial charge is 0.392 e. The molecule has 3 N–H and O–H groups in total. The van der Waals surface area contributed by atoms with E-state index >= 15 is 0 Å². The number of pyridine rings is 1. The van der Waals surface area contributed by atoms with Gasteiger partial charge in [0.05, 0.1) is 10.4 Å². The number of hydrogen-bond acceptors (Lipinski definition) is 3. The van der Waals surface area contributed by atoms with Crippen molar-refractivity contribution in [1.82, 2.24) is 10.3 Å². The Morgan fingerprint density at radius 3 is 2.76 bits per heavy atom. The van der Waals surface area contributed by atoms with Crippen molar-refractivity contribution in [3.63, 3.8) is 0 Å². The van der Waals surface area contributed by atoms with E-state index in [1.54, 1.807) is 26.2 Å². The summed E-state index contributed by atoms with van der Waals surface area (Å²) in [6.45, 7) is 5.83. The van der Waals surface area contributed by atoms with Gasteiger partial charge in [-0.1, -0.05) is 12.2 Å². The Kier molecular flexibility index (Phi) is 4.17. The molecule has 92 valence electrons. The second-order valence-electron chi connectivity index (χ2n) is 4.47. The molecule has 0 saturated carbocycles. The van der Waals surface area contributed by atoms with Crippen molar-refractivity contribution < 1.29 is 4.79 Å². The number of nitrogens with one attached hydrogen (secondary N) is 1. The molecule has 1 aromatic rings. The summed E-state index contributed by atoms with van der Waals surface area (Å²) in [7, 11) is 0. The summed E-state index contributed by atoms with van der Waals surface area (Å²) < 4.78 is 0. The van der Waals surface area contributed by atoms with E-state index in [-0.39, 0.29) is 10.9 Å². The quantitative estimate of drug-likeness (QED) is 0.792. The third-order valence-corrected chi connectivity index (χ3v) is 3.28. The number of aryl methyl sites for hydroxylation is 1. The molecule has 1 aromatic heterocycles. The monoisotopic (exact) mass is 251 g/mol. The molecular weight excluding hydrogens is 234 g/mol. The molecule has 0 aromatic carbocycles. The number of thiocarbonyl (C=S) groups is 1. The summed E-state index contributed by atoms with van der Waals surface area (Å²) in [6, 6.07) is 1.90. The van der Waals surface area contributed by atoms with Crippen LogP contribution in [0.2, 0.25) is 0 Å². The van der Waals surface area contributed by atoms with Gasteiger partial charge in [-0.15, -0.1) is 0 Å². The number of carbonyl (C=O) groups is 1. The van der Waals surface area contributed by atoms with E-state index in [1.165, 1.54) is 0 Å². The smallest absolute Gasteiger partial charge is 0.232 e. The van der Waals surface area contributed by atoms with Crippen LogP contribution < -0.4 is 11.1 Å². The molecule has 4 nitrogen and oxygen atoms in total. The SMILES string of the molecule is Cc1ccncc1CNC(=O)C(C)(C)C(N)=S. The lowest BCUT2D eigenvalue weighted by atomic mass is 9.92. The van der Waals surface area contributed by atoms with Crippen LogP contribution in [0, 0.1) is 12.3 Å². The van der Waals surface area contributed by atoms with Gasteiger partial charge in [-0.2, -0.15) is 0 Å². The van der Waals surface area contributed by atoms with E-state index in [4.69, 9.17) is 18.0 Å². The molecule has 5 heteroatoms. The average Bonchev–Trinajstić information content (AvgIpc) is 2.27. The predicted octanol–water partition coefficient (Wildman–Crippen LogP) is 1.32. The number of nitrogens with zero attached hydrogens (tertiary/aromatic N) is 1. The molecule has 0 radical (unpaired) electrons. The van der Waals surface area contributed by atoms with Gasteiger partial charge in [0, 0.05) is 18.9 Å². The van der Waals surface area contributed by atoms with E-state index in [0.717, 1.165) is 11.1 Å². The molecule has 1 heterocycles. The third kappa shape index (κ3) is 3.23. The highest BCUT2D eigenvalue weighted by Crippen LogP contribution is 2.15. The van der Waals surface area contributed by atoms with E-state index < -0.39 is 5.41 Å². The Morgan fingerprint density at radius 2 is 2.24 bits per heavy atom. The van der Waals surface area contributed by atoms with Gasteiger partial charge in [0.1, 0.15) is 0 Å². The standard InChI is InChI=1S/C12H17N3OS/c1-8-4-5-14-6-9(8)7-15-11(16)12(2,3)10(13)17/h4-6H,7H2,1-3H3,(H2,13,17)(H,15,16). The predicted molar refractivity (Wildman–Crippen MR) is 71.4 cm³/mol. The molecule has 0 fully saturated rings. The Morgan fingerprint density at radius 1 is 1.59 bits per heavy atom. The molecule has 0 saturated heterocycles. The number of aromatic nitrogens is 1. The number of hydrogen-bond donors (Lipinski definition) is 2. The van der Waals surface area contributed by atoms with E-state index in [1.807, 2.05) is 13.0 Å². The maximum atomic E-state index is 11.9. The summed E-state index contributed by atoms with van der Waals surface area (Å²) in [5.74, 6) is -0.173. The molecule has 17 heavy (non-hydrogen) atoms. The molecule has 1 amide bonds. The van der Waals surface area contributed by atoms with Crippen molar-refractivity contribution >= 4 is 23.1 Å². The lowest BCUT2D eigenvalue weighted by Gasteiger charge is -2.22. The number of nitrogens with two attached hydrogens (primary N) is 1. The Hall–Kier alpha value is -1.49. The lowest BCUT2D eigenvalue weighted by molar-refractivity contribution is -0.126. The second-order valence-corrected chi connectivity index (χ2v) is 4.91. The number of carbonyl (C=O) groups excluding carboxylic acids is 1. The molecule has 0 aliphatic heterocycles. The molecule has 1 rings (SSSR count). The van der Waals surface area contributed by atoms with Gasteiger partial charge < -0.3 is 11.1 Å². The minimum absolute atomic E-state index is 0.173. The first kappa shape index (κ1) is 13.6. The summed E-state index contributed by atoms with van der Waals surface area (Å²) >= 11 is 4.87. The Labute approximate surface area is 107 Å². The van der Waals surface area contributed by atoms with Crippen LogP contribution in [0.15, 0.2) is 18.5 Å². The second kappa shape index (κ2) is 5.23. The zero-order valence-electron chi connectivity index (χ0n) is 10.3. The van der Waals surface area contributed by atoms with Gasteiger partial charge >= 0.3 is 0 Å². The van der Waals surface area contributed by atoms with E-state index in [9.17, 15) is 4.79 Å². The molecule has 0 aliphatic carbocycles. The van der Waals surface area contributed by atoms with Gasteiger partial charge in [-0.05, 0) is 38.0 Å². The highest BCUT2D eigenvalue weighted by Gasteiger charge is 2.30. The van der Waals surface area contributed by atoms with Crippen molar-refractivity contribution in [1.29, 1.82) is 0 Å². The number of rotatable bonds is 4. The highest BCUT2D eigenvalue weighted by atomic mass is 32.1. The van der Waals surface area contributed by atoms with Crippen LogP contribution >= 0.6 is 12.2 Å². The molecule has 0 spiro atoms. The van der Waals surface area contributed by atoms with Crippen molar-refractivity contribution in [3.05, 3.63) is 29.6 Å². The topological polar surface area (TPSA) is 68.0 Å². The van der Waals surface area contributed by atoms with Gasteiger partial charge in [0.25, 0.3) is 0 Å². The molecule has 0 atom stereocenters. The Balaban J connectivity index is 2.67. The van der Waals surface area contributed by atoms with Crippen LogP contribution in [-0.2, 0) is 11.3 Å². The first-order chi connectivity index (χ1) is 7.85. The zero-order valence-corrected chi connectivity index (χ0v) is 11.1. The number of amides is 1. The van der Waals surface area contributed by atoms with Crippen molar-refractivity contribution in [3.8, 4) is 0 Å². The fraction of sp³-hybridized carbons (Fsp3) is 0.417. The van der Waals surface area contributed by atoms with Crippen LogP contribution in [0.25, 0.3) is 0 Å². The zero-order chi connectivity index (χ0) is 13.1.